The zero-order valence-electron chi connectivity index (χ0n) is 10.6. The van der Waals surface area contributed by atoms with E-state index in [9.17, 15) is 5.11 Å². The molecule has 1 aromatic rings. The molecule has 0 unspecified atom stereocenters. The first-order chi connectivity index (χ1) is 8.02. The highest BCUT2D eigenvalue weighted by molar-refractivity contribution is 5.48. The number of hydrogen-bond donors (Lipinski definition) is 2. The van der Waals surface area contributed by atoms with Gasteiger partial charge in [0, 0.05) is 30.9 Å². The average molecular weight is 235 g/mol. The number of piperidine rings is 1. The van der Waals surface area contributed by atoms with Gasteiger partial charge in [0.25, 0.3) is 0 Å². The summed E-state index contributed by atoms with van der Waals surface area (Å²) < 4.78 is 0. The molecule has 1 aliphatic heterocycles. The van der Waals surface area contributed by atoms with Gasteiger partial charge in [0.05, 0.1) is 5.60 Å². The number of aromatic nitrogens is 1. The normalized spacial score (nSPS) is 19.4. The molecule has 17 heavy (non-hydrogen) atoms. The van der Waals surface area contributed by atoms with Crippen LogP contribution in [0.2, 0.25) is 0 Å². The van der Waals surface area contributed by atoms with Gasteiger partial charge in [-0.1, -0.05) is 6.07 Å². The molecule has 0 atom stereocenters. The number of anilines is 1. The van der Waals surface area contributed by atoms with Crippen LogP contribution in [0.1, 0.15) is 31.0 Å². The van der Waals surface area contributed by atoms with Gasteiger partial charge < -0.3 is 15.7 Å². The van der Waals surface area contributed by atoms with Gasteiger partial charge in [0.15, 0.2) is 0 Å². The van der Waals surface area contributed by atoms with Crippen molar-refractivity contribution < 1.29 is 5.11 Å². The smallest absolute Gasteiger partial charge is 0.133 e. The zero-order valence-corrected chi connectivity index (χ0v) is 10.6. The van der Waals surface area contributed by atoms with Crippen LogP contribution in [0.4, 0.5) is 5.82 Å². The summed E-state index contributed by atoms with van der Waals surface area (Å²) in [6.07, 6.45) is 1.57. The van der Waals surface area contributed by atoms with Gasteiger partial charge in [-0.05, 0) is 32.8 Å². The topological polar surface area (TPSA) is 62.4 Å². The Morgan fingerprint density at radius 2 is 2.06 bits per heavy atom. The summed E-state index contributed by atoms with van der Waals surface area (Å²) >= 11 is 0. The molecule has 0 saturated carbocycles. The Kier molecular flexibility index (Phi) is 3.35. The molecule has 3 N–H and O–H groups in total. The first-order valence-electron chi connectivity index (χ1n) is 6.16. The number of rotatable bonds is 2. The minimum absolute atomic E-state index is 0.509. The Morgan fingerprint density at radius 3 is 2.65 bits per heavy atom. The van der Waals surface area contributed by atoms with Crippen molar-refractivity contribution in [1.29, 1.82) is 0 Å². The Labute approximate surface area is 102 Å². The Balaban J connectivity index is 2.20. The van der Waals surface area contributed by atoms with Gasteiger partial charge in [-0.25, -0.2) is 4.98 Å². The molecule has 0 aliphatic carbocycles. The van der Waals surface area contributed by atoms with Crippen molar-refractivity contribution in [3.05, 3.63) is 23.4 Å². The van der Waals surface area contributed by atoms with Gasteiger partial charge in [-0.2, -0.15) is 0 Å². The number of aliphatic hydroxyl groups is 1. The fourth-order valence-corrected chi connectivity index (χ4v) is 2.21. The second kappa shape index (κ2) is 4.63. The summed E-state index contributed by atoms with van der Waals surface area (Å²) in [4.78, 5) is 6.81. The number of nitrogens with two attached hydrogens (primary N) is 1. The standard InChI is InChI=1S/C13H21N3O/c1-10-3-4-11(9-14)12(15-10)16-7-5-13(2,17)6-8-16/h3-4,17H,5-9,14H2,1-2H3. The van der Waals surface area contributed by atoms with Crippen LogP contribution in [0, 0.1) is 6.92 Å². The highest BCUT2D eigenvalue weighted by Gasteiger charge is 2.28. The van der Waals surface area contributed by atoms with Crippen LogP contribution in [0.25, 0.3) is 0 Å². The quantitative estimate of drug-likeness (QED) is 0.808. The maximum absolute atomic E-state index is 9.95. The Morgan fingerprint density at radius 1 is 1.41 bits per heavy atom. The van der Waals surface area contributed by atoms with E-state index in [-0.39, 0.29) is 0 Å². The van der Waals surface area contributed by atoms with Crippen molar-refractivity contribution in [3.63, 3.8) is 0 Å². The van der Waals surface area contributed by atoms with E-state index in [2.05, 4.69) is 9.88 Å². The predicted octanol–water partition coefficient (Wildman–Crippen LogP) is 1.20. The molecule has 0 amide bonds. The van der Waals surface area contributed by atoms with Crippen molar-refractivity contribution in [2.45, 2.75) is 38.8 Å². The van der Waals surface area contributed by atoms with Gasteiger partial charge in [-0.3, -0.25) is 0 Å². The Bertz CT molecular complexity index is 394. The largest absolute Gasteiger partial charge is 0.390 e. The maximum Gasteiger partial charge on any atom is 0.133 e. The van der Waals surface area contributed by atoms with E-state index in [1.54, 1.807) is 0 Å². The average Bonchev–Trinajstić information content (AvgIpc) is 2.29. The third kappa shape index (κ3) is 2.76. The van der Waals surface area contributed by atoms with Crippen LogP contribution >= 0.6 is 0 Å². The van der Waals surface area contributed by atoms with E-state index >= 15 is 0 Å². The third-order valence-electron chi connectivity index (χ3n) is 3.46. The molecule has 2 heterocycles. The number of aryl methyl sites for hydroxylation is 1. The first-order valence-corrected chi connectivity index (χ1v) is 6.16. The van der Waals surface area contributed by atoms with Crippen LogP contribution in [0.3, 0.4) is 0 Å². The molecule has 1 fully saturated rings. The highest BCUT2D eigenvalue weighted by atomic mass is 16.3. The van der Waals surface area contributed by atoms with Crippen LogP contribution in [-0.2, 0) is 6.54 Å². The summed E-state index contributed by atoms with van der Waals surface area (Å²) in [5.74, 6) is 0.989. The molecule has 4 nitrogen and oxygen atoms in total. The summed E-state index contributed by atoms with van der Waals surface area (Å²) in [6, 6.07) is 4.04. The molecule has 0 aromatic carbocycles. The molecule has 1 saturated heterocycles. The number of pyridine rings is 1. The van der Waals surface area contributed by atoms with Gasteiger partial charge >= 0.3 is 0 Å². The lowest BCUT2D eigenvalue weighted by molar-refractivity contribution is 0.0350. The summed E-state index contributed by atoms with van der Waals surface area (Å²) in [7, 11) is 0. The van der Waals surface area contributed by atoms with E-state index in [0.717, 1.165) is 43.0 Å². The second-order valence-electron chi connectivity index (χ2n) is 5.12. The minimum Gasteiger partial charge on any atom is -0.390 e. The van der Waals surface area contributed by atoms with E-state index in [0.29, 0.717) is 6.54 Å². The van der Waals surface area contributed by atoms with Crippen LogP contribution in [0.15, 0.2) is 12.1 Å². The molecule has 94 valence electrons. The van der Waals surface area contributed by atoms with Crippen LogP contribution in [-0.4, -0.2) is 28.8 Å². The van der Waals surface area contributed by atoms with Crippen molar-refractivity contribution in [2.75, 3.05) is 18.0 Å². The first kappa shape index (κ1) is 12.3. The molecule has 0 spiro atoms. The van der Waals surface area contributed by atoms with E-state index in [1.807, 2.05) is 26.0 Å². The van der Waals surface area contributed by atoms with E-state index in [4.69, 9.17) is 5.73 Å². The van der Waals surface area contributed by atoms with Gasteiger partial charge in [0.2, 0.25) is 0 Å². The lowest BCUT2D eigenvalue weighted by Crippen LogP contribution is -2.43. The van der Waals surface area contributed by atoms with Crippen LogP contribution in [0.5, 0.6) is 0 Å². The molecular weight excluding hydrogens is 214 g/mol. The summed E-state index contributed by atoms with van der Waals surface area (Å²) in [6.45, 7) is 6.09. The predicted molar refractivity (Wildman–Crippen MR) is 68.9 cm³/mol. The summed E-state index contributed by atoms with van der Waals surface area (Å²) in [5.41, 5.74) is 7.31. The third-order valence-corrected chi connectivity index (χ3v) is 3.46. The second-order valence-corrected chi connectivity index (χ2v) is 5.12. The summed E-state index contributed by atoms with van der Waals surface area (Å²) in [5, 5.41) is 9.95. The fraction of sp³-hybridized carbons (Fsp3) is 0.615. The highest BCUT2D eigenvalue weighted by Crippen LogP contribution is 2.26. The molecule has 0 bridgehead atoms. The van der Waals surface area contributed by atoms with Gasteiger partial charge in [0.1, 0.15) is 5.82 Å². The number of nitrogens with zero attached hydrogens (tertiary/aromatic N) is 2. The lowest BCUT2D eigenvalue weighted by Gasteiger charge is -2.37. The van der Waals surface area contributed by atoms with Crippen molar-refractivity contribution in [3.8, 4) is 0 Å². The van der Waals surface area contributed by atoms with Crippen molar-refractivity contribution >= 4 is 5.82 Å². The SMILES string of the molecule is Cc1ccc(CN)c(N2CCC(C)(O)CC2)n1. The van der Waals surface area contributed by atoms with Crippen molar-refractivity contribution in [2.24, 2.45) is 5.73 Å². The molecular formula is C13H21N3O. The molecule has 1 aliphatic rings. The molecule has 1 aromatic heterocycles. The molecule has 2 rings (SSSR count). The van der Waals surface area contributed by atoms with Crippen LogP contribution < -0.4 is 10.6 Å². The fourth-order valence-electron chi connectivity index (χ4n) is 2.21. The monoisotopic (exact) mass is 235 g/mol. The lowest BCUT2D eigenvalue weighted by atomic mass is 9.93. The minimum atomic E-state index is -0.525. The Hall–Kier alpha value is -1.13. The van der Waals surface area contributed by atoms with E-state index < -0.39 is 5.60 Å². The molecule has 0 radical (unpaired) electrons. The zero-order chi connectivity index (χ0) is 12.5. The maximum atomic E-state index is 9.95. The van der Waals surface area contributed by atoms with Crippen molar-refractivity contribution in [1.82, 2.24) is 4.98 Å². The molecule has 4 heteroatoms. The van der Waals surface area contributed by atoms with E-state index in [1.165, 1.54) is 0 Å². The number of hydrogen-bond acceptors (Lipinski definition) is 4. The van der Waals surface area contributed by atoms with Gasteiger partial charge in [-0.15, -0.1) is 0 Å².